The van der Waals surface area contributed by atoms with E-state index in [2.05, 4.69) is 26.4 Å². The molecule has 0 saturated heterocycles. The van der Waals surface area contributed by atoms with Crippen molar-refractivity contribution < 1.29 is 5.21 Å². The highest BCUT2D eigenvalue weighted by Crippen LogP contribution is 2.25. The molecule has 4 N–H and O–H groups in total. The van der Waals surface area contributed by atoms with Crippen molar-refractivity contribution in [2.45, 2.75) is 19.4 Å². The number of nitrogens with one attached hydrogen (secondary N) is 1. The zero-order chi connectivity index (χ0) is 12.1. The lowest BCUT2D eigenvalue weighted by molar-refractivity contribution is 0.316. The number of hydrogen-bond donors (Lipinski definition) is 3. The van der Waals surface area contributed by atoms with Crippen LogP contribution in [0.15, 0.2) is 27.8 Å². The molecule has 0 amide bonds. The van der Waals surface area contributed by atoms with Crippen molar-refractivity contribution in [2.24, 2.45) is 10.9 Å². The summed E-state index contributed by atoms with van der Waals surface area (Å²) in [6, 6.07) is 5.64. The number of anilines is 1. The van der Waals surface area contributed by atoms with E-state index in [0.29, 0.717) is 11.4 Å². The monoisotopic (exact) mass is 305 g/mol. The molecule has 6 heteroatoms. The lowest BCUT2D eigenvalue weighted by Crippen LogP contribution is -2.24. The number of amidine groups is 1. The fourth-order valence-electron chi connectivity index (χ4n) is 1.28. The first-order valence-electron chi connectivity index (χ1n) is 4.71. The summed E-state index contributed by atoms with van der Waals surface area (Å²) in [4.78, 5) is 0. The largest absolute Gasteiger partial charge is 0.409 e. The molecule has 0 fully saturated rings. The molecule has 0 saturated carbocycles. The van der Waals surface area contributed by atoms with E-state index < -0.39 is 0 Å². The Labute approximate surface area is 108 Å². The van der Waals surface area contributed by atoms with Gasteiger partial charge in [0, 0.05) is 22.6 Å². The molecule has 0 bridgehead atoms. The Kier molecular flexibility index (Phi) is 4.89. The highest BCUT2D eigenvalue weighted by Gasteiger charge is 2.06. The second kappa shape index (κ2) is 5.96. The topological polar surface area (TPSA) is 70.6 Å². The lowest BCUT2D eigenvalue weighted by atomic mass is 10.2. The first-order valence-corrected chi connectivity index (χ1v) is 5.88. The molecular weight excluding hydrogens is 293 g/mol. The van der Waals surface area contributed by atoms with Gasteiger partial charge in [-0.05, 0) is 41.1 Å². The van der Waals surface area contributed by atoms with E-state index in [1.165, 1.54) is 0 Å². The highest BCUT2D eigenvalue weighted by molar-refractivity contribution is 9.10. The van der Waals surface area contributed by atoms with Crippen molar-refractivity contribution in [1.29, 1.82) is 0 Å². The first-order chi connectivity index (χ1) is 7.52. The number of nitrogens with two attached hydrogens (primary N) is 1. The first kappa shape index (κ1) is 13.1. The van der Waals surface area contributed by atoms with Gasteiger partial charge < -0.3 is 16.3 Å². The minimum absolute atomic E-state index is 0.0631. The summed E-state index contributed by atoms with van der Waals surface area (Å²) in [5, 5.41) is 15.2. The number of rotatable bonds is 4. The van der Waals surface area contributed by atoms with Crippen LogP contribution in [0.25, 0.3) is 0 Å². The lowest BCUT2D eigenvalue weighted by Gasteiger charge is -2.14. The molecule has 4 nitrogen and oxygen atoms in total. The maximum Gasteiger partial charge on any atom is 0.141 e. The van der Waals surface area contributed by atoms with Gasteiger partial charge in [-0.25, -0.2) is 0 Å². The molecular formula is C10H13BrClN3O. The molecule has 1 rings (SSSR count). The zero-order valence-corrected chi connectivity index (χ0v) is 11.1. The van der Waals surface area contributed by atoms with E-state index in [1.54, 1.807) is 0 Å². The van der Waals surface area contributed by atoms with E-state index in [4.69, 9.17) is 22.5 Å². The Morgan fingerprint density at radius 3 is 2.94 bits per heavy atom. The Morgan fingerprint density at radius 2 is 2.38 bits per heavy atom. The van der Waals surface area contributed by atoms with Gasteiger partial charge >= 0.3 is 0 Å². The summed E-state index contributed by atoms with van der Waals surface area (Å²) in [7, 11) is 0. The Bertz CT molecular complexity index is 398. The third kappa shape index (κ3) is 3.90. The van der Waals surface area contributed by atoms with Gasteiger partial charge in [0.25, 0.3) is 0 Å². The normalized spacial score (nSPS) is 13.6. The molecule has 0 aliphatic heterocycles. The molecule has 88 valence electrons. The molecule has 16 heavy (non-hydrogen) atoms. The molecule has 0 heterocycles. The van der Waals surface area contributed by atoms with Crippen molar-refractivity contribution >= 4 is 39.1 Å². The Morgan fingerprint density at radius 1 is 1.69 bits per heavy atom. The number of nitrogens with zero attached hydrogens (tertiary/aromatic N) is 1. The van der Waals surface area contributed by atoms with Gasteiger partial charge in [-0.3, -0.25) is 0 Å². The van der Waals surface area contributed by atoms with Crippen molar-refractivity contribution in [2.75, 3.05) is 5.32 Å². The SMILES string of the molecule is CC(C/C(N)=N/O)Nc1ccc(Br)c(Cl)c1. The number of hydrogen-bond acceptors (Lipinski definition) is 3. The maximum absolute atomic E-state index is 8.44. The molecule has 0 aromatic heterocycles. The van der Waals surface area contributed by atoms with Crippen LogP contribution >= 0.6 is 27.5 Å². The van der Waals surface area contributed by atoms with Gasteiger partial charge in [-0.1, -0.05) is 16.8 Å². The van der Waals surface area contributed by atoms with Crippen LogP contribution in [0.2, 0.25) is 5.02 Å². The molecule has 0 aliphatic carbocycles. The van der Waals surface area contributed by atoms with Gasteiger partial charge in [-0.2, -0.15) is 0 Å². The average molecular weight is 307 g/mol. The summed E-state index contributed by atoms with van der Waals surface area (Å²) < 4.78 is 0.851. The van der Waals surface area contributed by atoms with Crippen molar-refractivity contribution in [3.05, 3.63) is 27.7 Å². The summed E-state index contributed by atoms with van der Waals surface area (Å²) in [5.74, 6) is 0.197. The minimum atomic E-state index is 0.0631. The third-order valence-corrected chi connectivity index (χ3v) is 3.21. The molecule has 1 atom stereocenters. The van der Waals surface area contributed by atoms with Crippen molar-refractivity contribution in [3.8, 4) is 0 Å². The molecule has 1 unspecified atom stereocenters. The van der Waals surface area contributed by atoms with Crippen LogP contribution in [-0.2, 0) is 0 Å². The smallest absolute Gasteiger partial charge is 0.141 e. The fraction of sp³-hybridized carbons (Fsp3) is 0.300. The van der Waals surface area contributed by atoms with E-state index in [9.17, 15) is 0 Å². The Hall–Kier alpha value is -0.940. The second-order valence-corrected chi connectivity index (χ2v) is 4.73. The van der Waals surface area contributed by atoms with Crippen molar-refractivity contribution in [3.63, 3.8) is 0 Å². The van der Waals surface area contributed by atoms with E-state index >= 15 is 0 Å². The quantitative estimate of drug-likeness (QED) is 0.346. The fourth-order valence-corrected chi connectivity index (χ4v) is 1.70. The predicted octanol–water partition coefficient (Wildman–Crippen LogP) is 3.04. The molecule has 1 aromatic rings. The van der Waals surface area contributed by atoms with Crippen LogP contribution in [0.4, 0.5) is 5.69 Å². The number of halogens is 2. The van der Waals surface area contributed by atoms with Crippen LogP contribution in [0.1, 0.15) is 13.3 Å². The Balaban J connectivity index is 2.63. The van der Waals surface area contributed by atoms with Crippen LogP contribution in [0, 0.1) is 0 Å². The van der Waals surface area contributed by atoms with Crippen LogP contribution < -0.4 is 11.1 Å². The summed E-state index contributed by atoms with van der Waals surface area (Å²) >= 11 is 9.27. The summed E-state index contributed by atoms with van der Waals surface area (Å²) in [5.41, 5.74) is 6.30. The standard InChI is InChI=1S/C10H13BrClN3O/c1-6(4-10(13)15-16)14-7-2-3-8(11)9(12)5-7/h2-3,5-6,14,16H,4H2,1H3,(H2,13,15). The van der Waals surface area contributed by atoms with Crippen LogP contribution in [0.3, 0.4) is 0 Å². The van der Waals surface area contributed by atoms with Gasteiger partial charge in [-0.15, -0.1) is 0 Å². The third-order valence-electron chi connectivity index (χ3n) is 1.98. The zero-order valence-electron chi connectivity index (χ0n) is 8.74. The van der Waals surface area contributed by atoms with E-state index in [0.717, 1.165) is 10.2 Å². The summed E-state index contributed by atoms with van der Waals surface area (Å²) in [6.07, 6.45) is 0.462. The van der Waals surface area contributed by atoms with E-state index in [-0.39, 0.29) is 11.9 Å². The second-order valence-electron chi connectivity index (χ2n) is 3.47. The van der Waals surface area contributed by atoms with Gasteiger partial charge in [0.05, 0.1) is 5.02 Å². The maximum atomic E-state index is 8.44. The van der Waals surface area contributed by atoms with E-state index in [1.807, 2.05) is 25.1 Å². The van der Waals surface area contributed by atoms with Gasteiger partial charge in [0.2, 0.25) is 0 Å². The summed E-state index contributed by atoms with van der Waals surface area (Å²) in [6.45, 7) is 1.94. The number of oxime groups is 1. The molecule has 0 spiro atoms. The highest BCUT2D eigenvalue weighted by atomic mass is 79.9. The predicted molar refractivity (Wildman–Crippen MR) is 70.3 cm³/mol. The minimum Gasteiger partial charge on any atom is -0.409 e. The van der Waals surface area contributed by atoms with Crippen LogP contribution in [0.5, 0.6) is 0 Å². The van der Waals surface area contributed by atoms with Gasteiger partial charge in [0.15, 0.2) is 0 Å². The molecule has 0 radical (unpaired) electrons. The van der Waals surface area contributed by atoms with Gasteiger partial charge in [0.1, 0.15) is 5.84 Å². The molecule has 0 aliphatic rings. The van der Waals surface area contributed by atoms with Crippen molar-refractivity contribution in [1.82, 2.24) is 0 Å². The average Bonchev–Trinajstić information content (AvgIpc) is 2.23. The number of benzene rings is 1. The molecule has 1 aromatic carbocycles. The van der Waals surface area contributed by atoms with Crippen LogP contribution in [-0.4, -0.2) is 17.1 Å².